The van der Waals surface area contributed by atoms with E-state index in [4.69, 9.17) is 0 Å². The molecule has 6 nitrogen and oxygen atoms in total. The Bertz CT molecular complexity index is 1060. The van der Waals surface area contributed by atoms with Gasteiger partial charge in [-0.25, -0.2) is 0 Å². The zero-order chi connectivity index (χ0) is 19.3. The van der Waals surface area contributed by atoms with E-state index in [2.05, 4.69) is 33.1 Å². The largest absolute Gasteiger partial charge is 0.312 e. The summed E-state index contributed by atoms with van der Waals surface area (Å²) in [5.41, 5.74) is 4.66. The van der Waals surface area contributed by atoms with Crippen molar-refractivity contribution in [3.63, 3.8) is 0 Å². The Morgan fingerprint density at radius 1 is 1.18 bits per heavy atom. The lowest BCUT2D eigenvalue weighted by atomic mass is 9.85. The molecule has 0 aliphatic carbocycles. The van der Waals surface area contributed by atoms with Crippen LogP contribution in [0, 0.1) is 12.3 Å². The normalized spacial score (nSPS) is 22.8. The van der Waals surface area contributed by atoms with E-state index in [1.807, 2.05) is 42.3 Å². The van der Waals surface area contributed by atoms with Crippen molar-refractivity contribution < 1.29 is 4.79 Å². The minimum atomic E-state index is -0.188. The molecule has 1 N–H and O–H groups in total. The molecule has 1 aromatic carbocycles. The third-order valence-corrected chi connectivity index (χ3v) is 6.42. The highest BCUT2D eigenvalue weighted by Crippen LogP contribution is 2.43. The maximum Gasteiger partial charge on any atom is 0.234 e. The number of rotatable bonds is 3. The van der Waals surface area contributed by atoms with Gasteiger partial charge in [0.25, 0.3) is 0 Å². The third-order valence-electron chi connectivity index (χ3n) is 6.42. The first-order valence-electron chi connectivity index (χ1n) is 10.1. The highest BCUT2D eigenvalue weighted by Gasteiger charge is 2.50. The lowest BCUT2D eigenvalue weighted by molar-refractivity contribution is -0.125. The minimum Gasteiger partial charge on any atom is -0.312 e. The van der Waals surface area contributed by atoms with Crippen molar-refractivity contribution in [2.45, 2.75) is 26.7 Å². The van der Waals surface area contributed by atoms with Crippen LogP contribution in [0.3, 0.4) is 0 Å². The number of amides is 1. The Hall–Kier alpha value is -2.73. The summed E-state index contributed by atoms with van der Waals surface area (Å²) in [6.07, 6.45) is 3.73. The fraction of sp³-hybridized carbons (Fsp3) is 0.409. The molecule has 2 aromatic heterocycles. The summed E-state index contributed by atoms with van der Waals surface area (Å²) in [7, 11) is 0. The number of H-pyrrole nitrogens is 1. The monoisotopic (exact) mass is 375 g/mol. The molecular weight excluding hydrogens is 350 g/mol. The van der Waals surface area contributed by atoms with E-state index in [0.717, 1.165) is 72.6 Å². The Morgan fingerprint density at radius 3 is 2.82 bits per heavy atom. The first-order valence-corrected chi connectivity index (χ1v) is 10.1. The second-order valence-corrected chi connectivity index (χ2v) is 8.09. The Labute approximate surface area is 164 Å². The number of pyridine rings is 1. The summed E-state index contributed by atoms with van der Waals surface area (Å²) in [5.74, 6) is 0.285. The predicted molar refractivity (Wildman–Crippen MR) is 110 cm³/mol. The topological polar surface area (TPSA) is 65.1 Å². The van der Waals surface area contributed by atoms with Crippen LogP contribution in [0.1, 0.15) is 25.5 Å². The number of carbonyl (C=O) groups is 1. The summed E-state index contributed by atoms with van der Waals surface area (Å²) in [4.78, 5) is 22.0. The zero-order valence-electron chi connectivity index (χ0n) is 16.4. The molecule has 4 heterocycles. The Kier molecular flexibility index (Phi) is 3.98. The van der Waals surface area contributed by atoms with Crippen LogP contribution in [-0.4, -0.2) is 52.2 Å². The van der Waals surface area contributed by atoms with Crippen molar-refractivity contribution in [1.29, 1.82) is 0 Å². The fourth-order valence-corrected chi connectivity index (χ4v) is 4.76. The molecule has 28 heavy (non-hydrogen) atoms. The molecule has 6 heteroatoms. The van der Waals surface area contributed by atoms with Gasteiger partial charge < -0.3 is 9.80 Å². The van der Waals surface area contributed by atoms with Gasteiger partial charge in [0.1, 0.15) is 5.69 Å². The van der Waals surface area contributed by atoms with E-state index in [0.29, 0.717) is 0 Å². The molecule has 1 amide bonds. The van der Waals surface area contributed by atoms with Crippen LogP contribution >= 0.6 is 0 Å². The number of hydrogen-bond acceptors (Lipinski definition) is 4. The molecule has 0 saturated carbocycles. The SMILES string of the molecule is CCN1CCC2(CCN(c3ccc4[nH]nc(-c5ccnc(C)c5)c4c3)C2=O)C1. The second kappa shape index (κ2) is 6.41. The Morgan fingerprint density at radius 2 is 2.04 bits per heavy atom. The number of nitrogens with one attached hydrogen (secondary N) is 1. The number of fused-ring (bicyclic) bond motifs is 1. The van der Waals surface area contributed by atoms with Crippen molar-refractivity contribution in [3.8, 4) is 11.3 Å². The van der Waals surface area contributed by atoms with Crippen LogP contribution in [0.25, 0.3) is 22.2 Å². The molecule has 2 aliphatic rings. The number of aromatic amines is 1. The molecule has 3 aromatic rings. The van der Waals surface area contributed by atoms with Crippen molar-refractivity contribution >= 4 is 22.5 Å². The van der Waals surface area contributed by atoms with E-state index in [9.17, 15) is 4.79 Å². The van der Waals surface area contributed by atoms with Crippen LogP contribution in [0.15, 0.2) is 36.5 Å². The van der Waals surface area contributed by atoms with E-state index < -0.39 is 0 Å². The smallest absolute Gasteiger partial charge is 0.234 e. The highest BCUT2D eigenvalue weighted by atomic mass is 16.2. The number of hydrogen-bond donors (Lipinski definition) is 1. The summed E-state index contributed by atoms with van der Waals surface area (Å²) >= 11 is 0. The van der Waals surface area contributed by atoms with Crippen LogP contribution in [0.2, 0.25) is 0 Å². The molecule has 1 unspecified atom stereocenters. The van der Waals surface area contributed by atoms with Crippen LogP contribution in [-0.2, 0) is 4.79 Å². The Balaban J connectivity index is 1.51. The van der Waals surface area contributed by atoms with E-state index in [-0.39, 0.29) is 11.3 Å². The maximum absolute atomic E-state index is 13.3. The summed E-state index contributed by atoms with van der Waals surface area (Å²) in [6.45, 7) is 7.89. The number of likely N-dealkylation sites (tertiary alicyclic amines) is 1. The molecule has 144 valence electrons. The average Bonchev–Trinajstić information content (AvgIpc) is 3.40. The third kappa shape index (κ3) is 2.63. The number of nitrogens with zero attached hydrogens (tertiary/aromatic N) is 4. The van der Waals surface area contributed by atoms with Gasteiger partial charge >= 0.3 is 0 Å². The van der Waals surface area contributed by atoms with Crippen LogP contribution in [0.4, 0.5) is 5.69 Å². The summed E-state index contributed by atoms with van der Waals surface area (Å²) in [6, 6.07) is 10.2. The van der Waals surface area contributed by atoms with Gasteiger partial charge in [-0.1, -0.05) is 6.92 Å². The molecule has 0 bridgehead atoms. The molecule has 0 radical (unpaired) electrons. The van der Waals surface area contributed by atoms with Gasteiger partial charge in [-0.05, 0) is 63.2 Å². The van der Waals surface area contributed by atoms with Gasteiger partial charge in [0.05, 0.1) is 10.9 Å². The van der Waals surface area contributed by atoms with Crippen molar-refractivity contribution in [2.24, 2.45) is 5.41 Å². The van der Waals surface area contributed by atoms with Gasteiger partial charge in [0, 0.05) is 41.6 Å². The fourth-order valence-electron chi connectivity index (χ4n) is 4.76. The van der Waals surface area contributed by atoms with E-state index in [1.54, 1.807) is 0 Å². The molecule has 2 aliphatic heterocycles. The molecule has 5 rings (SSSR count). The number of aromatic nitrogens is 3. The standard InChI is InChI=1S/C22H25N5O/c1-3-26-10-7-22(14-26)8-11-27(21(22)28)17-4-5-19-18(13-17)20(25-24-19)16-6-9-23-15(2)12-16/h4-6,9,12-13H,3,7-8,10-11,14H2,1-2H3,(H,24,25). The molecule has 1 spiro atoms. The first-order chi connectivity index (χ1) is 13.6. The van der Waals surface area contributed by atoms with E-state index in [1.165, 1.54) is 0 Å². The first kappa shape index (κ1) is 17.4. The van der Waals surface area contributed by atoms with Gasteiger partial charge in [-0.2, -0.15) is 5.10 Å². The van der Waals surface area contributed by atoms with Gasteiger partial charge in [0.15, 0.2) is 0 Å². The van der Waals surface area contributed by atoms with Crippen LogP contribution < -0.4 is 4.90 Å². The molecular formula is C22H25N5O. The van der Waals surface area contributed by atoms with Crippen molar-refractivity contribution in [1.82, 2.24) is 20.1 Å². The van der Waals surface area contributed by atoms with E-state index >= 15 is 0 Å². The van der Waals surface area contributed by atoms with Gasteiger partial charge in [-0.3, -0.25) is 14.9 Å². The number of aryl methyl sites for hydroxylation is 1. The number of anilines is 1. The quantitative estimate of drug-likeness (QED) is 0.762. The number of benzene rings is 1. The lowest BCUT2D eigenvalue weighted by Crippen LogP contribution is -2.36. The summed E-state index contributed by atoms with van der Waals surface area (Å²) < 4.78 is 0. The molecule has 1 atom stereocenters. The highest BCUT2D eigenvalue weighted by molar-refractivity contribution is 6.03. The summed E-state index contributed by atoms with van der Waals surface area (Å²) in [5, 5.41) is 8.68. The minimum absolute atomic E-state index is 0.188. The maximum atomic E-state index is 13.3. The lowest BCUT2D eigenvalue weighted by Gasteiger charge is -2.23. The number of carbonyl (C=O) groups excluding carboxylic acids is 1. The van der Waals surface area contributed by atoms with Gasteiger partial charge in [-0.15, -0.1) is 0 Å². The molecule has 2 fully saturated rings. The van der Waals surface area contributed by atoms with Gasteiger partial charge in [0.2, 0.25) is 5.91 Å². The van der Waals surface area contributed by atoms with Crippen molar-refractivity contribution in [2.75, 3.05) is 31.1 Å². The predicted octanol–water partition coefficient (Wildman–Crippen LogP) is 3.38. The van der Waals surface area contributed by atoms with Crippen molar-refractivity contribution in [3.05, 3.63) is 42.2 Å². The zero-order valence-corrected chi connectivity index (χ0v) is 16.4. The van der Waals surface area contributed by atoms with Crippen LogP contribution in [0.5, 0.6) is 0 Å². The average molecular weight is 375 g/mol. The second-order valence-electron chi connectivity index (χ2n) is 8.09. The molecule has 2 saturated heterocycles.